The van der Waals surface area contributed by atoms with Gasteiger partial charge in [-0.3, -0.25) is 0 Å². The fourth-order valence-electron chi connectivity index (χ4n) is 1.47. The summed E-state index contributed by atoms with van der Waals surface area (Å²) in [5, 5.41) is 6.15. The molecule has 0 amide bonds. The molecular weight excluding hydrogens is 259 g/mol. The Morgan fingerprint density at radius 2 is 2.24 bits per heavy atom. The Bertz CT molecular complexity index is 527. The van der Waals surface area contributed by atoms with Crippen LogP contribution in [0.3, 0.4) is 0 Å². The van der Waals surface area contributed by atoms with Crippen LogP contribution in [-0.2, 0) is 0 Å². The third-order valence-electron chi connectivity index (χ3n) is 2.51. The summed E-state index contributed by atoms with van der Waals surface area (Å²) >= 11 is 7.17. The number of aryl methyl sites for hydroxylation is 1. The third kappa shape index (κ3) is 2.96. The second-order valence-electron chi connectivity index (χ2n) is 3.85. The highest BCUT2D eigenvalue weighted by atomic mass is 35.5. The van der Waals surface area contributed by atoms with E-state index in [0.29, 0.717) is 10.7 Å². The van der Waals surface area contributed by atoms with Gasteiger partial charge in [0.05, 0.1) is 6.04 Å². The highest BCUT2D eigenvalue weighted by molar-refractivity contribution is 7.14. The van der Waals surface area contributed by atoms with Gasteiger partial charge in [0, 0.05) is 5.38 Å². The van der Waals surface area contributed by atoms with Crippen LogP contribution in [-0.4, -0.2) is 4.98 Å². The van der Waals surface area contributed by atoms with Gasteiger partial charge in [0.2, 0.25) is 0 Å². The maximum absolute atomic E-state index is 13.4. The Hall–Kier alpha value is -1.13. The molecule has 0 spiro atoms. The van der Waals surface area contributed by atoms with Crippen LogP contribution in [0.2, 0.25) is 5.15 Å². The second kappa shape index (κ2) is 5.02. The first-order valence-electron chi connectivity index (χ1n) is 5.20. The van der Waals surface area contributed by atoms with Crippen LogP contribution in [0.1, 0.15) is 24.1 Å². The molecule has 1 aromatic carbocycles. The fourth-order valence-corrected chi connectivity index (χ4v) is 2.39. The Morgan fingerprint density at radius 3 is 2.82 bits per heavy atom. The van der Waals surface area contributed by atoms with E-state index in [1.165, 1.54) is 11.3 Å². The Kier molecular flexibility index (Phi) is 3.64. The lowest BCUT2D eigenvalue weighted by molar-refractivity contribution is 0.614. The minimum Gasteiger partial charge on any atom is -0.355 e. The van der Waals surface area contributed by atoms with Gasteiger partial charge >= 0.3 is 0 Å². The van der Waals surface area contributed by atoms with E-state index in [-0.39, 0.29) is 11.9 Å². The summed E-state index contributed by atoms with van der Waals surface area (Å²) in [7, 11) is 0. The predicted molar refractivity (Wildman–Crippen MR) is 70.3 cm³/mol. The van der Waals surface area contributed by atoms with Crippen LogP contribution in [0.4, 0.5) is 9.52 Å². The number of hydrogen-bond donors (Lipinski definition) is 1. The van der Waals surface area contributed by atoms with Crippen LogP contribution >= 0.6 is 22.9 Å². The van der Waals surface area contributed by atoms with Crippen molar-refractivity contribution in [3.63, 3.8) is 0 Å². The lowest BCUT2D eigenvalue weighted by Gasteiger charge is -2.13. The number of rotatable bonds is 3. The van der Waals surface area contributed by atoms with Crippen molar-refractivity contribution in [3.05, 3.63) is 45.7 Å². The van der Waals surface area contributed by atoms with E-state index in [9.17, 15) is 4.39 Å². The van der Waals surface area contributed by atoms with Gasteiger partial charge in [0.1, 0.15) is 11.0 Å². The summed E-state index contributed by atoms with van der Waals surface area (Å²) in [6.07, 6.45) is 0. The van der Waals surface area contributed by atoms with Crippen molar-refractivity contribution >= 4 is 28.1 Å². The molecule has 0 fully saturated rings. The van der Waals surface area contributed by atoms with E-state index in [0.717, 1.165) is 10.7 Å². The monoisotopic (exact) mass is 270 g/mol. The van der Waals surface area contributed by atoms with Crippen molar-refractivity contribution < 1.29 is 4.39 Å². The first-order chi connectivity index (χ1) is 8.06. The van der Waals surface area contributed by atoms with Crippen molar-refractivity contribution in [2.24, 2.45) is 0 Å². The minimum atomic E-state index is -0.187. The second-order valence-corrected chi connectivity index (χ2v) is 5.10. The van der Waals surface area contributed by atoms with Gasteiger partial charge < -0.3 is 5.32 Å². The van der Waals surface area contributed by atoms with Gasteiger partial charge in [0.25, 0.3) is 0 Å². The van der Waals surface area contributed by atoms with E-state index in [1.54, 1.807) is 24.4 Å². The molecule has 2 nitrogen and oxygen atoms in total. The molecular formula is C12H12ClFN2S. The van der Waals surface area contributed by atoms with Crippen molar-refractivity contribution in [1.29, 1.82) is 0 Å². The maximum Gasteiger partial charge on any atom is 0.184 e. The molecule has 0 saturated carbocycles. The largest absolute Gasteiger partial charge is 0.355 e. The molecule has 90 valence electrons. The number of halogens is 2. The molecule has 5 heteroatoms. The summed E-state index contributed by atoms with van der Waals surface area (Å²) in [6.45, 7) is 3.71. The first kappa shape index (κ1) is 12.3. The highest BCUT2D eigenvalue weighted by Crippen LogP contribution is 2.25. The lowest BCUT2D eigenvalue weighted by atomic mass is 10.1. The highest BCUT2D eigenvalue weighted by Gasteiger charge is 2.09. The van der Waals surface area contributed by atoms with Crippen LogP contribution in [0.15, 0.2) is 23.6 Å². The van der Waals surface area contributed by atoms with E-state index in [2.05, 4.69) is 10.3 Å². The van der Waals surface area contributed by atoms with Crippen LogP contribution in [0.5, 0.6) is 0 Å². The molecule has 2 aromatic rings. The molecule has 17 heavy (non-hydrogen) atoms. The Labute approximate surface area is 108 Å². The normalized spacial score (nSPS) is 12.5. The summed E-state index contributed by atoms with van der Waals surface area (Å²) in [5.41, 5.74) is 1.54. The average Bonchev–Trinajstić information content (AvgIpc) is 2.68. The van der Waals surface area contributed by atoms with Crippen molar-refractivity contribution in [3.8, 4) is 0 Å². The number of thiazole rings is 1. The molecule has 0 bridgehead atoms. The zero-order valence-corrected chi connectivity index (χ0v) is 11.1. The molecule has 0 aliphatic heterocycles. The van der Waals surface area contributed by atoms with Crippen molar-refractivity contribution in [2.75, 3.05) is 5.32 Å². The molecule has 0 aliphatic carbocycles. The zero-order valence-electron chi connectivity index (χ0n) is 9.50. The molecule has 1 aromatic heterocycles. The number of nitrogens with one attached hydrogen (secondary N) is 1. The number of hydrogen-bond acceptors (Lipinski definition) is 3. The summed E-state index contributed by atoms with van der Waals surface area (Å²) < 4.78 is 13.4. The molecule has 1 unspecified atom stereocenters. The van der Waals surface area contributed by atoms with E-state index < -0.39 is 0 Å². The summed E-state index contributed by atoms with van der Waals surface area (Å²) in [5.74, 6) is -0.187. The van der Waals surface area contributed by atoms with Crippen molar-refractivity contribution in [1.82, 2.24) is 4.98 Å². The fraction of sp³-hybridized carbons (Fsp3) is 0.250. The SMILES string of the molecule is Cc1ccc(C(C)Nc2nc(Cl)cs2)cc1F. The quantitative estimate of drug-likeness (QED) is 0.893. The molecule has 2 rings (SSSR count). The van der Waals surface area contributed by atoms with Crippen LogP contribution < -0.4 is 5.32 Å². The van der Waals surface area contributed by atoms with Crippen molar-refractivity contribution in [2.45, 2.75) is 19.9 Å². The first-order valence-corrected chi connectivity index (χ1v) is 6.45. The molecule has 1 heterocycles. The Morgan fingerprint density at radius 1 is 1.47 bits per heavy atom. The minimum absolute atomic E-state index is 0.00711. The zero-order chi connectivity index (χ0) is 12.4. The smallest absolute Gasteiger partial charge is 0.184 e. The summed E-state index contributed by atoms with van der Waals surface area (Å²) in [4.78, 5) is 4.10. The maximum atomic E-state index is 13.4. The van der Waals surface area contributed by atoms with E-state index in [4.69, 9.17) is 11.6 Å². The topological polar surface area (TPSA) is 24.9 Å². The van der Waals surface area contributed by atoms with Gasteiger partial charge in [-0.2, -0.15) is 0 Å². The third-order valence-corrected chi connectivity index (χ3v) is 3.61. The number of nitrogens with zero attached hydrogens (tertiary/aromatic N) is 1. The van der Waals surface area contributed by atoms with Gasteiger partial charge in [-0.1, -0.05) is 23.7 Å². The molecule has 0 aliphatic rings. The van der Waals surface area contributed by atoms with Gasteiger partial charge in [0.15, 0.2) is 5.13 Å². The average molecular weight is 271 g/mol. The molecule has 1 atom stereocenters. The van der Waals surface area contributed by atoms with E-state index >= 15 is 0 Å². The molecule has 0 radical (unpaired) electrons. The van der Waals surface area contributed by atoms with Gasteiger partial charge in [-0.05, 0) is 31.0 Å². The number of anilines is 1. The van der Waals surface area contributed by atoms with Crippen LogP contribution in [0.25, 0.3) is 0 Å². The Balaban J connectivity index is 2.14. The predicted octanol–water partition coefficient (Wildman–Crippen LogP) is 4.42. The van der Waals surface area contributed by atoms with Gasteiger partial charge in [-0.15, -0.1) is 11.3 Å². The number of aromatic nitrogens is 1. The lowest BCUT2D eigenvalue weighted by Crippen LogP contribution is -2.06. The van der Waals surface area contributed by atoms with E-state index in [1.807, 2.05) is 13.0 Å². The standard InChI is InChI=1S/C12H12ClFN2S/c1-7-3-4-9(5-10(7)14)8(2)15-12-16-11(13)6-17-12/h3-6,8H,1-2H3,(H,15,16). The molecule has 0 saturated heterocycles. The van der Waals surface area contributed by atoms with Crippen LogP contribution in [0, 0.1) is 12.7 Å². The molecule has 1 N–H and O–H groups in total. The summed E-state index contributed by atoms with van der Waals surface area (Å²) in [6, 6.07) is 5.22. The van der Waals surface area contributed by atoms with Gasteiger partial charge in [-0.25, -0.2) is 9.37 Å². The number of benzene rings is 1.